The molecule has 1 amide bonds. The third-order valence-corrected chi connectivity index (χ3v) is 7.10. The summed E-state index contributed by atoms with van der Waals surface area (Å²) in [7, 11) is -1.65. The molecule has 1 saturated heterocycles. The van der Waals surface area contributed by atoms with Crippen molar-refractivity contribution in [2.75, 3.05) is 31.4 Å². The lowest BCUT2D eigenvalue weighted by Crippen LogP contribution is -2.39. The van der Waals surface area contributed by atoms with Gasteiger partial charge in [-0.2, -0.15) is 0 Å². The van der Waals surface area contributed by atoms with Gasteiger partial charge in [0.1, 0.15) is 17.4 Å². The third kappa shape index (κ3) is 3.91. The highest BCUT2D eigenvalue weighted by atomic mass is 32.2. The summed E-state index contributed by atoms with van der Waals surface area (Å²) < 4.78 is 30.9. The summed E-state index contributed by atoms with van der Waals surface area (Å²) in [6.07, 6.45) is 3.10. The molecule has 0 aliphatic carbocycles. The maximum absolute atomic E-state index is 12.8. The van der Waals surface area contributed by atoms with Crippen molar-refractivity contribution >= 4 is 21.7 Å². The summed E-state index contributed by atoms with van der Waals surface area (Å²) in [6, 6.07) is 7.61. The molecule has 2 aromatic rings. The Morgan fingerprint density at radius 3 is 2.73 bits per heavy atom. The number of ether oxygens (including phenoxy) is 1. The third-order valence-electron chi connectivity index (χ3n) is 5.83. The van der Waals surface area contributed by atoms with Gasteiger partial charge in [-0.3, -0.25) is 9.69 Å². The zero-order chi connectivity index (χ0) is 21.5. The molecule has 0 spiro atoms. The molecule has 2 aliphatic rings. The van der Waals surface area contributed by atoms with E-state index in [9.17, 15) is 13.2 Å². The largest absolute Gasteiger partial charge is 0.496 e. The Morgan fingerprint density at radius 1 is 1.23 bits per heavy atom. The molecule has 0 saturated carbocycles. The summed E-state index contributed by atoms with van der Waals surface area (Å²) in [5.41, 5.74) is 2.52. The molecule has 1 aromatic carbocycles. The highest BCUT2D eigenvalue weighted by molar-refractivity contribution is 7.88. The number of hydrogen-bond donors (Lipinski definition) is 0. The zero-order valence-corrected chi connectivity index (χ0v) is 18.3. The smallest absolute Gasteiger partial charge is 0.233 e. The van der Waals surface area contributed by atoms with Gasteiger partial charge in [-0.25, -0.2) is 22.7 Å². The van der Waals surface area contributed by atoms with E-state index in [2.05, 4.69) is 4.98 Å². The number of carbonyl (C=O) groups excluding carboxylic acids is 1. The summed E-state index contributed by atoms with van der Waals surface area (Å²) in [6.45, 7) is 3.15. The van der Waals surface area contributed by atoms with Crippen LogP contribution in [0.1, 0.15) is 41.4 Å². The van der Waals surface area contributed by atoms with E-state index in [1.165, 1.54) is 10.6 Å². The maximum Gasteiger partial charge on any atom is 0.233 e. The van der Waals surface area contributed by atoms with Gasteiger partial charge in [-0.15, -0.1) is 0 Å². The molecular weight excluding hydrogens is 404 g/mol. The molecular formula is C21H26N4O4S. The normalized spacial score (nSPS) is 19.8. The fourth-order valence-electron chi connectivity index (χ4n) is 4.20. The van der Waals surface area contributed by atoms with Crippen LogP contribution in [-0.2, 0) is 27.8 Å². The number of aryl methyl sites for hydroxylation is 1. The molecule has 0 N–H and O–H groups in total. The Kier molecular flexibility index (Phi) is 5.50. The number of hydrogen-bond acceptors (Lipinski definition) is 6. The average Bonchev–Trinajstić information content (AvgIpc) is 3.04. The number of sulfonamides is 1. The quantitative estimate of drug-likeness (QED) is 0.721. The first-order valence-electron chi connectivity index (χ1n) is 10.0. The summed E-state index contributed by atoms with van der Waals surface area (Å²) in [5, 5.41) is 0. The molecule has 9 heteroatoms. The van der Waals surface area contributed by atoms with Crippen LogP contribution in [0, 0.1) is 6.92 Å². The van der Waals surface area contributed by atoms with Crippen molar-refractivity contribution in [3.63, 3.8) is 0 Å². The van der Waals surface area contributed by atoms with E-state index in [1.807, 2.05) is 31.2 Å². The Labute approximate surface area is 176 Å². The molecule has 160 valence electrons. The molecule has 0 radical (unpaired) electrons. The number of benzene rings is 1. The lowest BCUT2D eigenvalue weighted by atomic mass is 9.98. The van der Waals surface area contributed by atoms with Crippen LogP contribution in [0.3, 0.4) is 0 Å². The van der Waals surface area contributed by atoms with Gasteiger partial charge < -0.3 is 4.74 Å². The topological polar surface area (TPSA) is 92.7 Å². The fourth-order valence-corrected chi connectivity index (χ4v) is 5.11. The van der Waals surface area contributed by atoms with Crippen molar-refractivity contribution in [3.8, 4) is 5.75 Å². The fraction of sp³-hybridized carbons (Fsp3) is 0.476. The molecule has 30 heavy (non-hydrogen) atoms. The number of aromatic nitrogens is 2. The monoisotopic (exact) mass is 430 g/mol. The lowest BCUT2D eigenvalue weighted by Gasteiger charge is -2.30. The summed E-state index contributed by atoms with van der Waals surface area (Å²) in [4.78, 5) is 23.9. The van der Waals surface area contributed by atoms with Crippen LogP contribution >= 0.6 is 0 Å². The zero-order valence-electron chi connectivity index (χ0n) is 17.5. The van der Waals surface area contributed by atoms with Crippen LogP contribution in [-0.4, -0.2) is 55.1 Å². The Balaban J connectivity index is 1.67. The molecule has 2 aliphatic heterocycles. The van der Waals surface area contributed by atoms with Crippen LogP contribution in [0.5, 0.6) is 5.75 Å². The number of anilines is 1. The molecule has 0 unspecified atom stereocenters. The van der Waals surface area contributed by atoms with Crippen molar-refractivity contribution in [3.05, 3.63) is 46.9 Å². The van der Waals surface area contributed by atoms with Crippen molar-refractivity contribution < 1.29 is 17.9 Å². The second kappa shape index (κ2) is 7.96. The van der Waals surface area contributed by atoms with Gasteiger partial charge in [0.05, 0.1) is 26.3 Å². The van der Waals surface area contributed by atoms with E-state index in [0.29, 0.717) is 31.3 Å². The molecule has 3 heterocycles. The van der Waals surface area contributed by atoms with Gasteiger partial charge in [0, 0.05) is 35.8 Å². The average molecular weight is 431 g/mol. The van der Waals surface area contributed by atoms with Gasteiger partial charge in [-0.05, 0) is 25.8 Å². The highest BCUT2D eigenvalue weighted by Gasteiger charge is 2.34. The van der Waals surface area contributed by atoms with E-state index < -0.39 is 10.0 Å². The Morgan fingerprint density at radius 2 is 2.00 bits per heavy atom. The first-order valence-corrected chi connectivity index (χ1v) is 11.9. The maximum atomic E-state index is 12.8. The van der Waals surface area contributed by atoms with Gasteiger partial charge in [0.15, 0.2) is 0 Å². The van der Waals surface area contributed by atoms with Gasteiger partial charge in [0.2, 0.25) is 15.9 Å². The SMILES string of the molecule is COc1ccccc1CN1C(=O)Cc2c(C)nc([C@@H]3CCCN(S(C)(=O)=O)C3)nc21. The predicted octanol–water partition coefficient (Wildman–Crippen LogP) is 2.02. The van der Waals surface area contributed by atoms with E-state index in [1.54, 1.807) is 12.0 Å². The van der Waals surface area contributed by atoms with Crippen molar-refractivity contribution in [2.45, 2.75) is 38.6 Å². The first-order chi connectivity index (χ1) is 14.3. The number of carbonyl (C=O) groups is 1. The molecule has 1 atom stereocenters. The van der Waals surface area contributed by atoms with Crippen molar-refractivity contribution in [1.29, 1.82) is 0 Å². The second-order valence-corrected chi connectivity index (χ2v) is 9.88. The highest BCUT2D eigenvalue weighted by Crippen LogP contribution is 2.34. The minimum Gasteiger partial charge on any atom is -0.496 e. The molecule has 1 fully saturated rings. The molecule has 0 bridgehead atoms. The van der Waals surface area contributed by atoms with Gasteiger partial charge >= 0.3 is 0 Å². The number of piperidine rings is 1. The minimum atomic E-state index is -3.26. The van der Waals surface area contributed by atoms with Gasteiger partial charge in [-0.1, -0.05) is 18.2 Å². The van der Waals surface area contributed by atoms with Crippen LogP contribution in [0.25, 0.3) is 0 Å². The predicted molar refractivity (Wildman–Crippen MR) is 113 cm³/mol. The van der Waals surface area contributed by atoms with Crippen molar-refractivity contribution in [1.82, 2.24) is 14.3 Å². The van der Waals surface area contributed by atoms with E-state index in [4.69, 9.17) is 9.72 Å². The van der Waals surface area contributed by atoms with E-state index >= 15 is 0 Å². The van der Waals surface area contributed by atoms with Crippen LogP contribution < -0.4 is 9.64 Å². The summed E-state index contributed by atoms with van der Waals surface area (Å²) >= 11 is 0. The van der Waals surface area contributed by atoms with E-state index in [-0.39, 0.29) is 18.2 Å². The summed E-state index contributed by atoms with van der Waals surface area (Å²) in [5.74, 6) is 1.86. The molecule has 4 rings (SSSR count). The number of nitrogens with zero attached hydrogens (tertiary/aromatic N) is 4. The lowest BCUT2D eigenvalue weighted by molar-refractivity contribution is -0.117. The number of rotatable bonds is 5. The van der Waals surface area contributed by atoms with Crippen LogP contribution in [0.2, 0.25) is 0 Å². The van der Waals surface area contributed by atoms with Crippen molar-refractivity contribution in [2.24, 2.45) is 0 Å². The minimum absolute atomic E-state index is 0.0214. The Hall–Kier alpha value is -2.52. The first kappa shape index (κ1) is 20.7. The number of methoxy groups -OCH3 is 1. The number of fused-ring (bicyclic) bond motifs is 1. The number of amides is 1. The standard InChI is InChI=1S/C21H26N4O4S/c1-14-17-11-19(26)25(13-15-7-4-5-9-18(15)29-2)21(17)23-20(22-14)16-8-6-10-24(12-16)30(3,27)28/h4-5,7,9,16H,6,8,10-13H2,1-3H3/t16-/m1/s1. The van der Waals surface area contributed by atoms with Crippen LogP contribution in [0.4, 0.5) is 5.82 Å². The Bertz CT molecular complexity index is 1090. The second-order valence-electron chi connectivity index (χ2n) is 7.90. The number of para-hydroxylation sites is 1. The van der Waals surface area contributed by atoms with E-state index in [0.717, 1.165) is 35.4 Å². The van der Waals surface area contributed by atoms with Gasteiger partial charge in [0.25, 0.3) is 0 Å². The molecule has 1 aromatic heterocycles. The van der Waals surface area contributed by atoms with Crippen LogP contribution in [0.15, 0.2) is 24.3 Å². The molecule has 8 nitrogen and oxygen atoms in total.